The molecule has 0 radical (unpaired) electrons. The number of alkyl halides is 6. The lowest BCUT2D eigenvalue weighted by Gasteiger charge is -2.20. The van der Waals surface area contributed by atoms with Crippen LogP contribution in [0.2, 0.25) is 0 Å². The second-order valence-corrected chi connectivity index (χ2v) is 7.95. The molecule has 0 aromatic rings. The molecule has 19 heavy (non-hydrogen) atoms. The Morgan fingerprint density at radius 3 is 1.37 bits per heavy atom. The lowest BCUT2D eigenvalue weighted by atomic mass is 10.3. The standard InChI is InChI=1S/C6H9F6NO4S2/c7-5(8,9)18(14,15)4(2-1-3-13)19(16,17)6(10,11)12/h4H,1-3,13H2/p+1. The Hall–Kier alpha value is -0.560. The van der Waals surface area contributed by atoms with Crippen molar-refractivity contribution in [3.05, 3.63) is 0 Å². The van der Waals surface area contributed by atoms with Crippen LogP contribution in [0.1, 0.15) is 12.8 Å². The highest BCUT2D eigenvalue weighted by Crippen LogP contribution is 2.37. The van der Waals surface area contributed by atoms with E-state index in [9.17, 15) is 43.2 Å². The molecule has 5 nitrogen and oxygen atoms in total. The molecular formula is C6H10F6NO4S2+. The summed E-state index contributed by atoms with van der Waals surface area (Å²) in [6.45, 7) is -0.211. The third-order valence-electron chi connectivity index (χ3n) is 2.03. The van der Waals surface area contributed by atoms with E-state index < -0.39 is 48.1 Å². The van der Waals surface area contributed by atoms with Crippen LogP contribution in [0.3, 0.4) is 0 Å². The molecule has 0 saturated heterocycles. The molecule has 0 rings (SSSR count). The van der Waals surface area contributed by atoms with Gasteiger partial charge in [-0.2, -0.15) is 26.3 Å². The van der Waals surface area contributed by atoms with Crippen LogP contribution in [-0.2, 0) is 19.7 Å². The third kappa shape index (κ3) is 3.72. The fraction of sp³-hybridized carbons (Fsp3) is 1.00. The van der Waals surface area contributed by atoms with Crippen LogP contribution in [-0.4, -0.2) is 39.0 Å². The number of sulfone groups is 2. The summed E-state index contributed by atoms with van der Waals surface area (Å²) in [7, 11) is -13.0. The van der Waals surface area contributed by atoms with Crippen molar-refractivity contribution in [2.24, 2.45) is 0 Å². The van der Waals surface area contributed by atoms with Crippen molar-refractivity contribution < 1.29 is 48.9 Å². The van der Waals surface area contributed by atoms with Gasteiger partial charge >= 0.3 is 11.0 Å². The Morgan fingerprint density at radius 2 is 1.16 bits per heavy atom. The number of rotatable bonds is 5. The van der Waals surface area contributed by atoms with E-state index in [1.165, 1.54) is 0 Å². The highest BCUT2D eigenvalue weighted by Gasteiger charge is 2.62. The number of hydrogen-bond donors (Lipinski definition) is 1. The minimum absolute atomic E-state index is 0.211. The molecule has 0 spiro atoms. The van der Waals surface area contributed by atoms with Gasteiger partial charge in [0, 0.05) is 0 Å². The van der Waals surface area contributed by atoms with Crippen molar-refractivity contribution >= 4 is 19.7 Å². The van der Waals surface area contributed by atoms with E-state index in [2.05, 4.69) is 5.73 Å². The molecule has 0 heterocycles. The predicted molar refractivity (Wildman–Crippen MR) is 50.7 cm³/mol. The average Bonchev–Trinajstić information content (AvgIpc) is 2.13. The van der Waals surface area contributed by atoms with E-state index in [4.69, 9.17) is 0 Å². The Bertz CT molecular complexity index is 461. The van der Waals surface area contributed by atoms with Crippen LogP contribution in [0.5, 0.6) is 0 Å². The van der Waals surface area contributed by atoms with E-state index in [1.807, 2.05) is 0 Å². The van der Waals surface area contributed by atoms with Gasteiger partial charge in [-0.1, -0.05) is 0 Å². The van der Waals surface area contributed by atoms with Gasteiger partial charge in [-0.25, -0.2) is 16.8 Å². The molecule has 3 N–H and O–H groups in total. The zero-order valence-electron chi connectivity index (χ0n) is 9.12. The van der Waals surface area contributed by atoms with Gasteiger partial charge in [-0.05, 0) is 12.8 Å². The molecule has 0 atom stereocenters. The second-order valence-electron chi connectivity index (χ2n) is 3.41. The summed E-state index contributed by atoms with van der Waals surface area (Å²) >= 11 is 0. The van der Waals surface area contributed by atoms with Gasteiger partial charge < -0.3 is 5.73 Å². The van der Waals surface area contributed by atoms with Crippen molar-refractivity contribution in [2.45, 2.75) is 28.4 Å². The molecule has 0 unspecified atom stereocenters. The molecule has 0 fully saturated rings. The average molecular weight is 338 g/mol. The monoisotopic (exact) mass is 338 g/mol. The zero-order chi connectivity index (χ0) is 15.7. The van der Waals surface area contributed by atoms with Crippen LogP contribution in [0.4, 0.5) is 26.3 Å². The maximum absolute atomic E-state index is 12.2. The summed E-state index contributed by atoms with van der Waals surface area (Å²) in [5.41, 5.74) is -9.08. The van der Waals surface area contributed by atoms with Gasteiger partial charge in [0.15, 0.2) is 4.58 Å². The fourth-order valence-electron chi connectivity index (χ4n) is 1.09. The molecule has 0 aliphatic carbocycles. The fourth-order valence-corrected chi connectivity index (χ4v) is 4.63. The lowest BCUT2D eigenvalue weighted by molar-refractivity contribution is -0.368. The number of halogens is 6. The highest BCUT2D eigenvalue weighted by atomic mass is 32.3. The Morgan fingerprint density at radius 1 is 0.842 bits per heavy atom. The molecule has 0 aliphatic rings. The summed E-state index contributed by atoms with van der Waals surface area (Å²) in [4.78, 5) is 0. The van der Waals surface area contributed by atoms with Crippen LogP contribution in [0.15, 0.2) is 0 Å². The highest BCUT2D eigenvalue weighted by molar-refractivity contribution is 8.09. The second kappa shape index (κ2) is 5.44. The maximum Gasteiger partial charge on any atom is 0.498 e. The summed E-state index contributed by atoms with van der Waals surface area (Å²) in [5.74, 6) is 0. The maximum atomic E-state index is 12.2. The quantitative estimate of drug-likeness (QED) is 0.725. The van der Waals surface area contributed by atoms with Gasteiger partial charge in [0.05, 0.1) is 6.54 Å². The molecule has 0 aromatic carbocycles. The lowest BCUT2D eigenvalue weighted by Crippen LogP contribution is -2.51. The van der Waals surface area contributed by atoms with E-state index in [0.29, 0.717) is 0 Å². The first-order chi connectivity index (χ1) is 8.19. The minimum atomic E-state index is -6.49. The van der Waals surface area contributed by atoms with Gasteiger partial charge in [-0.15, -0.1) is 0 Å². The van der Waals surface area contributed by atoms with Crippen LogP contribution in [0, 0.1) is 0 Å². The molecule has 0 saturated carbocycles. The zero-order valence-corrected chi connectivity index (χ0v) is 10.8. The van der Waals surface area contributed by atoms with Crippen molar-refractivity contribution in [1.82, 2.24) is 0 Å². The summed E-state index contributed by atoms with van der Waals surface area (Å²) in [5, 5.41) is 0. The SMILES string of the molecule is [NH3+]CCCC(S(=O)(=O)C(F)(F)F)S(=O)(=O)C(F)(F)F. The molecule has 116 valence electrons. The van der Waals surface area contributed by atoms with Crippen molar-refractivity contribution in [3.8, 4) is 0 Å². The summed E-state index contributed by atoms with van der Waals surface area (Å²) in [6.07, 6.45) is -1.84. The van der Waals surface area contributed by atoms with Crippen LogP contribution >= 0.6 is 0 Å². The Kier molecular flexibility index (Phi) is 5.28. The first-order valence-corrected chi connectivity index (χ1v) is 7.68. The van der Waals surface area contributed by atoms with Crippen molar-refractivity contribution in [1.29, 1.82) is 0 Å². The van der Waals surface area contributed by atoms with E-state index in [1.54, 1.807) is 0 Å². The van der Waals surface area contributed by atoms with Crippen LogP contribution < -0.4 is 5.73 Å². The van der Waals surface area contributed by atoms with E-state index >= 15 is 0 Å². The normalized spacial score (nSPS) is 14.9. The largest absolute Gasteiger partial charge is 0.498 e. The summed E-state index contributed by atoms with van der Waals surface area (Å²) in [6, 6.07) is 0. The van der Waals surface area contributed by atoms with Crippen LogP contribution in [0.25, 0.3) is 0 Å². The summed E-state index contributed by atoms with van der Waals surface area (Å²) < 4.78 is 113. The van der Waals surface area contributed by atoms with Gasteiger partial charge in [-0.3, -0.25) is 0 Å². The predicted octanol–water partition coefficient (Wildman–Crippen LogP) is 0.204. The van der Waals surface area contributed by atoms with Gasteiger partial charge in [0.2, 0.25) is 0 Å². The van der Waals surface area contributed by atoms with E-state index in [0.717, 1.165) is 0 Å². The van der Waals surface area contributed by atoms with Gasteiger partial charge in [0.25, 0.3) is 19.7 Å². The Labute approximate surface area is 104 Å². The Balaban J connectivity index is 5.90. The molecule has 0 aliphatic heterocycles. The first-order valence-electron chi connectivity index (χ1n) is 4.59. The molecule has 0 aromatic heterocycles. The topological polar surface area (TPSA) is 95.9 Å². The van der Waals surface area contributed by atoms with E-state index in [-0.39, 0.29) is 6.54 Å². The minimum Gasteiger partial charge on any atom is -0.358 e. The van der Waals surface area contributed by atoms with Crippen molar-refractivity contribution in [2.75, 3.05) is 6.54 Å². The number of quaternary nitrogens is 1. The molecule has 13 heteroatoms. The smallest absolute Gasteiger partial charge is 0.358 e. The first kappa shape index (κ1) is 18.4. The number of hydrogen-bond acceptors (Lipinski definition) is 4. The van der Waals surface area contributed by atoms with Gasteiger partial charge in [0.1, 0.15) is 0 Å². The molecule has 0 bridgehead atoms. The van der Waals surface area contributed by atoms with Crippen molar-refractivity contribution in [3.63, 3.8) is 0 Å². The third-order valence-corrected chi connectivity index (χ3v) is 6.69. The molecule has 0 amide bonds. The molecular weight excluding hydrogens is 328 g/mol.